The van der Waals surface area contributed by atoms with Crippen LogP contribution in [0.1, 0.15) is 42.4 Å². The Morgan fingerprint density at radius 1 is 1.02 bits per heavy atom. The zero-order valence-electron chi connectivity index (χ0n) is 28.0. The summed E-state index contributed by atoms with van der Waals surface area (Å²) < 4.78 is 11.5. The van der Waals surface area contributed by atoms with Gasteiger partial charge in [-0.05, 0) is 78.6 Å². The summed E-state index contributed by atoms with van der Waals surface area (Å²) in [6.45, 7) is 1.01. The van der Waals surface area contributed by atoms with Gasteiger partial charge in [-0.3, -0.25) is 4.98 Å². The molecule has 0 radical (unpaired) electrons. The van der Waals surface area contributed by atoms with Crippen LogP contribution in [0.5, 0.6) is 5.75 Å². The maximum Gasteiger partial charge on any atom is 0.317 e. The highest BCUT2D eigenvalue weighted by Gasteiger charge is 2.46. The summed E-state index contributed by atoms with van der Waals surface area (Å²) in [5, 5.41) is 56.0. The van der Waals surface area contributed by atoms with Crippen LogP contribution < -0.4 is 15.4 Å². The van der Waals surface area contributed by atoms with E-state index in [9.17, 15) is 25.2 Å². The van der Waals surface area contributed by atoms with E-state index in [1.54, 1.807) is 6.20 Å². The molecule has 2 heterocycles. The first-order valence-electron chi connectivity index (χ1n) is 16.8. The second-order valence-electron chi connectivity index (χ2n) is 13.0. The highest BCUT2D eigenvalue weighted by Crippen LogP contribution is 2.50. The number of nitrogens with one attached hydrogen (secondary N) is 2. The number of aryl methyl sites for hydroxylation is 1. The molecule has 50 heavy (non-hydrogen) atoms. The molecule has 12 nitrogen and oxygen atoms in total. The van der Waals surface area contributed by atoms with Crippen molar-refractivity contribution in [2.24, 2.45) is 0 Å². The number of aromatic nitrogens is 1. The van der Waals surface area contributed by atoms with Gasteiger partial charge in [-0.2, -0.15) is 0 Å². The maximum atomic E-state index is 12.4. The van der Waals surface area contributed by atoms with Crippen molar-refractivity contribution in [2.75, 3.05) is 40.0 Å². The van der Waals surface area contributed by atoms with Crippen LogP contribution in [0.15, 0.2) is 54.9 Å². The predicted octanol–water partition coefficient (Wildman–Crippen LogP) is 3.01. The third kappa shape index (κ3) is 9.44. The number of nitrogens with zero attached hydrogens (tertiary/aromatic N) is 2. The molecule has 5 rings (SSSR count). The Hall–Kier alpha value is -3.04. The third-order valence-electron chi connectivity index (χ3n) is 9.28. The molecule has 272 valence electrons. The predicted molar refractivity (Wildman–Crippen MR) is 189 cm³/mol. The number of aliphatic hydroxyl groups is 5. The molecule has 7 N–H and O–H groups in total. The van der Waals surface area contributed by atoms with Crippen LogP contribution in [0.2, 0.25) is 10.0 Å². The first-order valence-corrected chi connectivity index (χ1v) is 17.6. The highest BCUT2D eigenvalue weighted by molar-refractivity contribution is 6.34. The van der Waals surface area contributed by atoms with Gasteiger partial charge in [0.05, 0.1) is 26.4 Å². The molecule has 1 saturated carbocycles. The zero-order chi connectivity index (χ0) is 35.8. The van der Waals surface area contributed by atoms with Gasteiger partial charge in [-0.1, -0.05) is 41.4 Å². The number of halogens is 2. The quantitative estimate of drug-likeness (QED) is 0.0963. The third-order valence-corrected chi connectivity index (χ3v) is 9.98. The first-order chi connectivity index (χ1) is 24.0. The Labute approximate surface area is 302 Å². The molecule has 2 aliphatic rings. The van der Waals surface area contributed by atoms with E-state index in [2.05, 4.69) is 21.7 Å². The van der Waals surface area contributed by atoms with E-state index >= 15 is 0 Å². The lowest BCUT2D eigenvalue weighted by Crippen LogP contribution is -2.51. The SMILES string of the molecule is CN(C[C@H](O)[C@@H](O)[C@H](O)[C@H](O)CO)C(=O)NCCCCc1cc(Cl)c(CNC2(c3cnccc3-c3ccccc3OC3COC3)CC2)cc1Cl. The van der Waals surface area contributed by atoms with Gasteiger partial charge < -0.3 is 50.5 Å². The van der Waals surface area contributed by atoms with Crippen molar-refractivity contribution in [1.82, 2.24) is 20.5 Å². The van der Waals surface area contributed by atoms with E-state index in [0.29, 0.717) is 49.2 Å². The second-order valence-corrected chi connectivity index (χ2v) is 13.8. The van der Waals surface area contributed by atoms with Crippen LogP contribution in [-0.4, -0.2) is 112 Å². The standard InChI is InChI=1S/C36H46Cl2N4O8/c1-42(18-30(44)33(46)34(47)31(45)19-43)35(48)40-12-5-4-6-22-14-29(38)23(15-28(22)37)16-41-36(10-11-36)27-17-39-13-9-25(27)26-7-2-3-8-32(26)50-24-20-49-21-24/h2-3,7-9,13-15,17,24,30-31,33-34,41,43-47H,4-6,10-12,16,18-21H2,1H3,(H,40,48)/t30-,31+,33+,34+/m0/s1. The van der Waals surface area contributed by atoms with Gasteiger partial charge in [0.2, 0.25) is 0 Å². The summed E-state index contributed by atoms with van der Waals surface area (Å²) in [6.07, 6.45) is 1.13. The van der Waals surface area contributed by atoms with E-state index in [0.717, 1.165) is 57.7 Å². The monoisotopic (exact) mass is 732 g/mol. The van der Waals surface area contributed by atoms with Crippen LogP contribution in [0.4, 0.5) is 4.79 Å². The fourth-order valence-electron chi connectivity index (χ4n) is 5.96. The molecule has 0 spiro atoms. The molecular formula is C36H46Cl2N4O8. The number of aliphatic hydroxyl groups excluding tert-OH is 5. The van der Waals surface area contributed by atoms with Gasteiger partial charge in [-0.15, -0.1) is 0 Å². The fourth-order valence-corrected chi connectivity index (χ4v) is 6.49. The topological polar surface area (TPSA) is 177 Å². The summed E-state index contributed by atoms with van der Waals surface area (Å²) in [5.41, 5.74) is 4.77. The number of rotatable bonds is 18. The number of benzene rings is 2. The largest absolute Gasteiger partial charge is 0.485 e. The first kappa shape index (κ1) is 38.2. The number of ether oxygens (including phenoxy) is 2. The number of likely N-dealkylation sites (N-methyl/N-ethyl adjacent to an activating group) is 1. The number of hydrogen-bond acceptors (Lipinski definition) is 10. The Balaban J connectivity index is 1.11. The molecular weight excluding hydrogens is 687 g/mol. The number of para-hydroxylation sites is 1. The van der Waals surface area contributed by atoms with Crippen molar-refractivity contribution >= 4 is 29.2 Å². The average Bonchev–Trinajstić information content (AvgIpc) is 3.90. The van der Waals surface area contributed by atoms with Gasteiger partial charge in [0.25, 0.3) is 0 Å². The number of amides is 2. The van der Waals surface area contributed by atoms with Crippen molar-refractivity contribution in [1.29, 1.82) is 0 Å². The molecule has 0 bridgehead atoms. The van der Waals surface area contributed by atoms with Crippen molar-refractivity contribution < 1.29 is 39.8 Å². The molecule has 1 aromatic heterocycles. The summed E-state index contributed by atoms with van der Waals surface area (Å²) in [5.74, 6) is 0.828. The average molecular weight is 734 g/mol. The molecule has 0 unspecified atom stereocenters. The lowest BCUT2D eigenvalue weighted by molar-refractivity contribution is -0.117. The Bertz CT molecular complexity index is 1590. The van der Waals surface area contributed by atoms with Crippen molar-refractivity contribution in [3.63, 3.8) is 0 Å². The van der Waals surface area contributed by atoms with Gasteiger partial charge >= 0.3 is 6.03 Å². The van der Waals surface area contributed by atoms with E-state index < -0.39 is 37.1 Å². The fraction of sp³-hybridized carbons (Fsp3) is 0.500. The Morgan fingerprint density at radius 2 is 1.72 bits per heavy atom. The molecule has 14 heteroatoms. The number of hydrogen-bond donors (Lipinski definition) is 7. The van der Waals surface area contributed by atoms with Gasteiger partial charge in [0, 0.05) is 53.7 Å². The molecule has 1 aliphatic heterocycles. The summed E-state index contributed by atoms with van der Waals surface area (Å²) >= 11 is 13.5. The van der Waals surface area contributed by atoms with Gasteiger partial charge in [0.15, 0.2) is 0 Å². The molecule has 3 aromatic rings. The zero-order valence-corrected chi connectivity index (χ0v) is 29.5. The van der Waals surface area contributed by atoms with Crippen LogP contribution in [0.3, 0.4) is 0 Å². The van der Waals surface area contributed by atoms with Crippen LogP contribution in [0, 0.1) is 0 Å². The van der Waals surface area contributed by atoms with E-state index in [1.165, 1.54) is 7.05 Å². The van der Waals surface area contributed by atoms with E-state index in [-0.39, 0.29) is 18.2 Å². The number of carbonyl (C=O) groups is 1. The summed E-state index contributed by atoms with van der Waals surface area (Å²) in [7, 11) is 1.43. The van der Waals surface area contributed by atoms with Crippen molar-refractivity contribution in [3.05, 3.63) is 81.6 Å². The molecule has 1 saturated heterocycles. The van der Waals surface area contributed by atoms with E-state index in [4.69, 9.17) is 37.8 Å². The molecule has 1 aliphatic carbocycles. The number of carbonyl (C=O) groups excluding carboxylic acids is 1. The highest BCUT2D eigenvalue weighted by atomic mass is 35.5. The lowest BCUT2D eigenvalue weighted by atomic mass is 9.94. The Morgan fingerprint density at radius 3 is 2.42 bits per heavy atom. The Kier molecular flexibility index (Phi) is 13.3. The maximum absolute atomic E-state index is 12.4. The normalized spacial score (nSPS) is 17.7. The van der Waals surface area contributed by atoms with Gasteiger partial charge in [0.1, 0.15) is 36.3 Å². The van der Waals surface area contributed by atoms with Gasteiger partial charge in [-0.25, -0.2) is 4.79 Å². The molecule has 4 atom stereocenters. The second kappa shape index (κ2) is 17.5. The molecule has 2 aromatic carbocycles. The van der Waals surface area contributed by atoms with E-state index in [1.807, 2.05) is 42.6 Å². The number of pyridine rings is 1. The lowest BCUT2D eigenvalue weighted by Gasteiger charge is -2.28. The van der Waals surface area contributed by atoms with Crippen LogP contribution >= 0.6 is 23.2 Å². The smallest absolute Gasteiger partial charge is 0.317 e. The minimum Gasteiger partial charge on any atom is -0.485 e. The molecule has 2 fully saturated rings. The summed E-state index contributed by atoms with van der Waals surface area (Å²) in [6, 6.07) is 13.4. The van der Waals surface area contributed by atoms with Crippen molar-refractivity contribution in [3.8, 4) is 16.9 Å². The molecule has 2 amide bonds. The van der Waals surface area contributed by atoms with Crippen molar-refractivity contribution in [2.45, 2.75) is 74.7 Å². The number of unbranched alkanes of at least 4 members (excludes halogenated alkanes) is 1. The number of urea groups is 1. The van der Waals surface area contributed by atoms with Crippen LogP contribution in [0.25, 0.3) is 11.1 Å². The van der Waals surface area contributed by atoms with Crippen LogP contribution in [-0.2, 0) is 23.2 Å². The minimum atomic E-state index is -1.76. The minimum absolute atomic E-state index is 0.0588. The summed E-state index contributed by atoms with van der Waals surface area (Å²) in [4.78, 5) is 18.1.